The first-order chi connectivity index (χ1) is 25.6. The monoisotopic (exact) mass is 776 g/mol. The van der Waals surface area contributed by atoms with E-state index in [0.29, 0.717) is 26.1 Å². The first-order valence-electron chi connectivity index (χ1n) is 19.4. The summed E-state index contributed by atoms with van der Waals surface area (Å²) in [5.41, 5.74) is -0.792. The summed E-state index contributed by atoms with van der Waals surface area (Å²) in [6.45, 7) is 21.5. The van der Waals surface area contributed by atoms with Gasteiger partial charge >= 0.3 is 18.3 Å². The number of hydrogen-bond acceptors (Lipinski definition) is 10. The van der Waals surface area contributed by atoms with Crippen molar-refractivity contribution in [1.82, 2.24) is 31.5 Å². The van der Waals surface area contributed by atoms with Gasteiger partial charge in [0.1, 0.15) is 23.2 Å². The van der Waals surface area contributed by atoms with Crippen molar-refractivity contribution in [2.45, 2.75) is 150 Å². The fraction of sp³-hybridized carbons (Fsp3) is 0.700. The summed E-state index contributed by atoms with van der Waals surface area (Å²) < 4.78 is 15.9. The summed E-state index contributed by atoms with van der Waals surface area (Å²) in [6, 6.07) is 10.2. The molecule has 0 saturated heterocycles. The van der Waals surface area contributed by atoms with E-state index in [9.17, 15) is 24.0 Å². The van der Waals surface area contributed by atoms with Crippen LogP contribution in [0.5, 0.6) is 0 Å². The minimum absolute atomic E-state index is 0.0515. The summed E-state index contributed by atoms with van der Waals surface area (Å²) in [5, 5.41) is 13.5. The van der Waals surface area contributed by atoms with Crippen molar-refractivity contribution in [1.29, 1.82) is 0 Å². The van der Waals surface area contributed by atoms with E-state index < -0.39 is 35.1 Å². The van der Waals surface area contributed by atoms with Crippen LogP contribution in [0.1, 0.15) is 126 Å². The normalized spacial score (nSPS) is 12.2. The number of alkyl carbamates (subject to hydrolysis) is 3. The van der Waals surface area contributed by atoms with Crippen LogP contribution in [-0.2, 0) is 30.3 Å². The molecule has 1 aromatic rings. The average molecular weight is 776 g/mol. The highest BCUT2D eigenvalue weighted by Gasteiger charge is 2.22. The van der Waals surface area contributed by atoms with Crippen molar-refractivity contribution in [3.8, 4) is 0 Å². The summed E-state index contributed by atoms with van der Waals surface area (Å²) in [6.07, 6.45) is 3.27. The molecule has 5 N–H and O–H groups in total. The average Bonchev–Trinajstić information content (AvgIpc) is 3.02. The van der Waals surface area contributed by atoms with Gasteiger partial charge in [0.05, 0.1) is 0 Å². The molecule has 0 bridgehead atoms. The van der Waals surface area contributed by atoms with E-state index in [1.165, 1.54) is 5.56 Å². The third kappa shape index (κ3) is 28.7. The van der Waals surface area contributed by atoms with Gasteiger partial charge in [0.25, 0.3) is 0 Å². The number of rotatable bonds is 20. The Labute approximate surface area is 328 Å². The van der Waals surface area contributed by atoms with Crippen LogP contribution in [0.3, 0.4) is 0 Å². The molecule has 0 aromatic heterocycles. The van der Waals surface area contributed by atoms with Gasteiger partial charge < -0.3 is 30.2 Å². The van der Waals surface area contributed by atoms with Crippen LogP contribution in [0.4, 0.5) is 14.4 Å². The second kappa shape index (κ2) is 24.9. The third-order valence-corrected chi connectivity index (χ3v) is 7.35. The van der Waals surface area contributed by atoms with Crippen LogP contribution >= 0.6 is 0 Å². The Morgan fingerprint density at radius 2 is 1.15 bits per heavy atom. The molecule has 0 fully saturated rings. The van der Waals surface area contributed by atoms with Gasteiger partial charge in [-0.15, -0.1) is 0 Å². The first-order valence-corrected chi connectivity index (χ1v) is 19.4. The highest BCUT2D eigenvalue weighted by molar-refractivity contribution is 6.01. The van der Waals surface area contributed by atoms with Crippen molar-refractivity contribution in [2.24, 2.45) is 4.99 Å². The molecule has 1 rings (SSSR count). The fourth-order valence-corrected chi connectivity index (χ4v) is 4.95. The fourth-order valence-electron chi connectivity index (χ4n) is 4.95. The SMILES string of the molecule is C[C@H](CCN(CCCCNC(=O)CC(=O)NCCCCCCN=C(NC(=O)OC(C)(C)C)NC(=O)OC(C)(C)C)Cc1ccccc1)NC(=O)OC(C)(C)C. The second-order valence-electron chi connectivity index (χ2n) is 16.6. The Hall–Kier alpha value is -4.40. The number of ether oxygens (including phenoxy) is 3. The van der Waals surface area contributed by atoms with Crippen molar-refractivity contribution < 1.29 is 38.2 Å². The number of benzene rings is 1. The van der Waals surface area contributed by atoms with Crippen LogP contribution in [-0.4, -0.2) is 96.5 Å². The molecule has 15 nitrogen and oxygen atoms in total. The van der Waals surface area contributed by atoms with Gasteiger partial charge in [0.2, 0.25) is 17.8 Å². The summed E-state index contributed by atoms with van der Waals surface area (Å²) >= 11 is 0. The van der Waals surface area contributed by atoms with Gasteiger partial charge in [-0.05, 0) is 113 Å². The Bertz CT molecular complexity index is 1320. The van der Waals surface area contributed by atoms with E-state index in [4.69, 9.17) is 14.2 Å². The lowest BCUT2D eigenvalue weighted by atomic mass is 10.1. The van der Waals surface area contributed by atoms with Crippen molar-refractivity contribution in [3.05, 3.63) is 35.9 Å². The molecule has 0 heterocycles. The van der Waals surface area contributed by atoms with E-state index in [1.54, 1.807) is 41.5 Å². The number of hydrogen-bond donors (Lipinski definition) is 5. The van der Waals surface area contributed by atoms with Crippen LogP contribution in [0.15, 0.2) is 35.3 Å². The minimum atomic E-state index is -0.748. The number of guanidine groups is 1. The van der Waals surface area contributed by atoms with Crippen LogP contribution in [0.25, 0.3) is 0 Å². The second-order valence-corrected chi connectivity index (χ2v) is 16.6. The third-order valence-electron chi connectivity index (χ3n) is 7.35. The van der Waals surface area contributed by atoms with Crippen molar-refractivity contribution in [3.63, 3.8) is 0 Å². The standard InChI is InChI=1S/C40H69N7O8/c1-30(44-35(50)53-38(2,3)4)22-27-47(29-31-20-14-13-15-21-31)26-19-18-24-42-33(49)28-32(48)41-23-16-11-12-17-25-43-34(45-36(51)54-39(5,6)7)46-37(52)55-40(8,9)10/h13-15,20-21,30H,11-12,16-19,22-29H2,1-10H3,(H,41,48)(H,42,49)(H,44,50)(H2,43,45,46,51,52)/t30-/m1/s1. The molecule has 0 aliphatic carbocycles. The highest BCUT2D eigenvalue weighted by Crippen LogP contribution is 2.11. The van der Waals surface area contributed by atoms with Crippen molar-refractivity contribution in [2.75, 3.05) is 32.7 Å². The number of unbranched alkanes of at least 4 members (excludes halogenated alkanes) is 4. The molecule has 0 spiro atoms. The molecular formula is C40H69N7O8. The smallest absolute Gasteiger partial charge is 0.414 e. The van der Waals surface area contributed by atoms with Gasteiger partial charge in [-0.25, -0.2) is 14.4 Å². The van der Waals surface area contributed by atoms with Gasteiger partial charge in [-0.2, -0.15) is 0 Å². The number of aliphatic imine (C=N–C) groups is 1. The van der Waals surface area contributed by atoms with Crippen molar-refractivity contribution >= 4 is 36.1 Å². The predicted molar refractivity (Wildman–Crippen MR) is 215 cm³/mol. The maximum atomic E-state index is 12.4. The molecule has 0 radical (unpaired) electrons. The largest absolute Gasteiger partial charge is 0.444 e. The zero-order valence-electron chi connectivity index (χ0n) is 35.0. The molecule has 15 heteroatoms. The number of nitrogens with zero attached hydrogens (tertiary/aromatic N) is 2. The van der Waals surface area contributed by atoms with Gasteiger partial charge in [-0.3, -0.25) is 30.1 Å². The summed E-state index contributed by atoms with van der Waals surface area (Å²) in [5.74, 6) is -0.694. The van der Waals surface area contributed by atoms with E-state index in [0.717, 1.165) is 58.2 Å². The highest BCUT2D eigenvalue weighted by atomic mass is 16.6. The number of carbonyl (C=O) groups excluding carboxylic acids is 5. The molecule has 5 amide bonds. The molecule has 0 saturated carbocycles. The van der Waals surface area contributed by atoms with Crippen LogP contribution in [0.2, 0.25) is 0 Å². The lowest BCUT2D eigenvalue weighted by Gasteiger charge is -2.25. The van der Waals surface area contributed by atoms with Gasteiger partial charge in [0, 0.05) is 38.8 Å². The molecule has 1 atom stereocenters. The van der Waals surface area contributed by atoms with E-state index in [-0.39, 0.29) is 30.2 Å². The Kier molecular flexibility index (Phi) is 22.0. The Balaban J connectivity index is 2.35. The van der Waals surface area contributed by atoms with E-state index in [2.05, 4.69) is 48.6 Å². The number of amides is 5. The zero-order chi connectivity index (χ0) is 41.5. The summed E-state index contributed by atoms with van der Waals surface area (Å²) in [4.78, 5) is 67.9. The Morgan fingerprint density at radius 3 is 1.67 bits per heavy atom. The van der Waals surface area contributed by atoms with Crippen LogP contribution in [0, 0.1) is 0 Å². The maximum absolute atomic E-state index is 12.4. The lowest BCUT2D eigenvalue weighted by Crippen LogP contribution is -2.47. The van der Waals surface area contributed by atoms with E-state index >= 15 is 0 Å². The predicted octanol–water partition coefficient (Wildman–Crippen LogP) is 6.16. The van der Waals surface area contributed by atoms with E-state index in [1.807, 2.05) is 45.9 Å². The maximum Gasteiger partial charge on any atom is 0.414 e. The minimum Gasteiger partial charge on any atom is -0.444 e. The molecule has 55 heavy (non-hydrogen) atoms. The topological polar surface area (TPSA) is 189 Å². The quantitative estimate of drug-likeness (QED) is 0.0340. The van der Waals surface area contributed by atoms with Gasteiger partial charge in [-0.1, -0.05) is 43.2 Å². The molecule has 0 aliphatic rings. The molecular weight excluding hydrogens is 706 g/mol. The molecule has 0 unspecified atom stereocenters. The molecule has 0 aliphatic heterocycles. The molecule has 312 valence electrons. The number of carbonyl (C=O) groups is 5. The van der Waals surface area contributed by atoms with Crippen LogP contribution < -0.4 is 26.6 Å². The first kappa shape index (κ1) is 48.6. The Morgan fingerprint density at radius 1 is 0.655 bits per heavy atom. The molecule has 1 aromatic carbocycles. The zero-order valence-corrected chi connectivity index (χ0v) is 35.0. The summed E-state index contributed by atoms with van der Waals surface area (Å²) in [7, 11) is 0. The lowest BCUT2D eigenvalue weighted by molar-refractivity contribution is -0.129. The number of nitrogens with one attached hydrogen (secondary N) is 5. The van der Waals surface area contributed by atoms with Gasteiger partial charge in [0.15, 0.2) is 0 Å².